The first kappa shape index (κ1) is 12.9. The average Bonchev–Trinajstić information content (AvgIpc) is 2.88. The summed E-state index contributed by atoms with van der Waals surface area (Å²) in [5.41, 5.74) is 2.24. The van der Waals surface area contributed by atoms with Crippen molar-refractivity contribution >= 4 is 30.0 Å². The lowest BCUT2D eigenvalue weighted by Gasteiger charge is -2.26. The van der Waals surface area contributed by atoms with Gasteiger partial charge in [0.15, 0.2) is 11.6 Å². The monoisotopic (exact) mass is 286 g/mol. The summed E-state index contributed by atoms with van der Waals surface area (Å²) in [5, 5.41) is 0. The van der Waals surface area contributed by atoms with E-state index in [1.165, 1.54) is 0 Å². The molecule has 0 N–H and O–H groups in total. The zero-order valence-corrected chi connectivity index (χ0v) is 12.3. The number of para-hydroxylation sites is 2. The van der Waals surface area contributed by atoms with Crippen LogP contribution in [0.3, 0.4) is 0 Å². The predicted octanol–water partition coefficient (Wildman–Crippen LogP) is 3.88. The van der Waals surface area contributed by atoms with Gasteiger partial charge in [-0.2, -0.15) is 0 Å². The second kappa shape index (κ2) is 5.18. The summed E-state index contributed by atoms with van der Waals surface area (Å²) in [5.74, 6) is 1.79. The molecule has 0 fully saturated rings. The third-order valence-corrected chi connectivity index (χ3v) is 3.93. The topological polar surface area (TPSA) is 32.3 Å². The maximum atomic E-state index is 4.56. The van der Waals surface area contributed by atoms with Crippen LogP contribution in [0, 0.1) is 0 Å². The Hall–Kier alpha value is -2.82. The highest BCUT2D eigenvalue weighted by molar-refractivity contribution is 6.71. The predicted molar refractivity (Wildman–Crippen MR) is 90.8 cm³/mol. The van der Waals surface area contributed by atoms with Crippen LogP contribution in [0.25, 0.3) is 0 Å². The van der Waals surface area contributed by atoms with E-state index in [1.54, 1.807) is 12.4 Å². The van der Waals surface area contributed by atoms with Crippen molar-refractivity contribution in [3.8, 4) is 0 Å². The van der Waals surface area contributed by atoms with Crippen molar-refractivity contribution in [3.63, 3.8) is 0 Å². The number of benzene rings is 2. The van der Waals surface area contributed by atoms with Crippen molar-refractivity contribution in [2.45, 2.75) is 6.82 Å². The van der Waals surface area contributed by atoms with Crippen LogP contribution in [0.5, 0.6) is 0 Å². The van der Waals surface area contributed by atoms with Crippen molar-refractivity contribution in [2.24, 2.45) is 0 Å². The second-order valence-electron chi connectivity index (χ2n) is 5.25. The number of anilines is 4. The molecule has 0 spiro atoms. The molecule has 106 valence electrons. The Balaban J connectivity index is 1.87. The quantitative estimate of drug-likeness (QED) is 0.669. The SMILES string of the molecule is CB1N(c2ccccc2)c2nccnc2N1c1ccccc1. The minimum atomic E-state index is 0.113. The molecule has 22 heavy (non-hydrogen) atoms. The van der Waals surface area contributed by atoms with Crippen molar-refractivity contribution < 1.29 is 0 Å². The Morgan fingerprint density at radius 2 is 1.09 bits per heavy atom. The molecule has 3 aromatic rings. The highest BCUT2D eigenvalue weighted by Crippen LogP contribution is 2.42. The van der Waals surface area contributed by atoms with E-state index in [2.05, 4.69) is 50.7 Å². The van der Waals surface area contributed by atoms with Gasteiger partial charge in [-0.3, -0.25) is 0 Å². The standard InChI is InChI=1S/C17H15BN4/c1-18-21(14-8-4-2-5-9-14)16-17(20-13-12-19-16)22(18)15-10-6-3-7-11-15/h2-13H,1H3. The van der Waals surface area contributed by atoms with Crippen molar-refractivity contribution in [1.82, 2.24) is 9.97 Å². The highest BCUT2D eigenvalue weighted by atomic mass is 15.4. The van der Waals surface area contributed by atoms with Gasteiger partial charge in [0.2, 0.25) is 0 Å². The molecule has 0 aliphatic carbocycles. The van der Waals surface area contributed by atoms with Crippen LogP contribution >= 0.6 is 0 Å². The van der Waals surface area contributed by atoms with Crippen LogP contribution in [0.2, 0.25) is 6.82 Å². The fraction of sp³-hybridized carbons (Fsp3) is 0.0588. The molecule has 0 saturated carbocycles. The van der Waals surface area contributed by atoms with Gasteiger partial charge >= 0.3 is 6.98 Å². The number of rotatable bonds is 2. The summed E-state index contributed by atoms with van der Waals surface area (Å²) in [4.78, 5) is 13.6. The molecule has 4 nitrogen and oxygen atoms in total. The van der Waals surface area contributed by atoms with Gasteiger partial charge in [0.05, 0.1) is 0 Å². The summed E-state index contributed by atoms with van der Waals surface area (Å²) in [6, 6.07) is 20.6. The summed E-state index contributed by atoms with van der Waals surface area (Å²) in [7, 11) is 0. The number of nitrogens with zero attached hydrogens (tertiary/aromatic N) is 4. The van der Waals surface area contributed by atoms with Crippen molar-refractivity contribution in [3.05, 3.63) is 73.1 Å². The molecule has 0 atom stereocenters. The van der Waals surface area contributed by atoms with Crippen molar-refractivity contribution in [1.29, 1.82) is 0 Å². The normalized spacial score (nSPS) is 13.4. The molecule has 0 saturated heterocycles. The van der Waals surface area contributed by atoms with Gasteiger partial charge in [0, 0.05) is 23.8 Å². The maximum Gasteiger partial charge on any atom is 0.384 e. The van der Waals surface area contributed by atoms with Crippen LogP contribution in [-0.4, -0.2) is 17.0 Å². The van der Waals surface area contributed by atoms with E-state index in [0.717, 1.165) is 23.0 Å². The van der Waals surface area contributed by atoms with Gasteiger partial charge in [-0.1, -0.05) is 36.4 Å². The van der Waals surface area contributed by atoms with E-state index < -0.39 is 0 Å². The fourth-order valence-electron chi connectivity index (χ4n) is 2.99. The molecule has 2 heterocycles. The molecule has 1 aliphatic rings. The summed E-state index contributed by atoms with van der Waals surface area (Å²) in [6.07, 6.45) is 3.49. The van der Waals surface area contributed by atoms with Crippen LogP contribution in [0.1, 0.15) is 0 Å². The molecule has 1 aromatic heterocycles. The van der Waals surface area contributed by atoms with Crippen LogP contribution < -0.4 is 9.62 Å². The van der Waals surface area contributed by atoms with Crippen LogP contribution in [-0.2, 0) is 0 Å². The van der Waals surface area contributed by atoms with Crippen molar-refractivity contribution in [2.75, 3.05) is 9.62 Å². The van der Waals surface area contributed by atoms with E-state index in [-0.39, 0.29) is 6.98 Å². The Kier molecular flexibility index (Phi) is 3.04. The van der Waals surface area contributed by atoms with Gasteiger partial charge in [0.1, 0.15) is 0 Å². The van der Waals surface area contributed by atoms with E-state index in [4.69, 9.17) is 0 Å². The maximum absolute atomic E-state index is 4.56. The van der Waals surface area contributed by atoms with Gasteiger partial charge in [-0.15, -0.1) is 0 Å². The van der Waals surface area contributed by atoms with Gasteiger partial charge in [-0.25, -0.2) is 9.97 Å². The number of aromatic nitrogens is 2. The summed E-state index contributed by atoms with van der Waals surface area (Å²) in [6.45, 7) is 2.28. The molecule has 0 amide bonds. The third kappa shape index (κ3) is 1.94. The Morgan fingerprint density at radius 3 is 1.50 bits per heavy atom. The second-order valence-corrected chi connectivity index (χ2v) is 5.25. The van der Waals surface area contributed by atoms with E-state index in [1.807, 2.05) is 36.4 Å². The zero-order valence-electron chi connectivity index (χ0n) is 12.3. The number of hydrogen-bond acceptors (Lipinski definition) is 4. The lowest BCUT2D eigenvalue weighted by molar-refractivity contribution is 1.17. The fourth-order valence-corrected chi connectivity index (χ4v) is 2.99. The first-order chi connectivity index (χ1) is 10.9. The molecule has 0 bridgehead atoms. The van der Waals surface area contributed by atoms with Crippen LogP contribution in [0.4, 0.5) is 23.0 Å². The molecule has 4 rings (SSSR count). The Morgan fingerprint density at radius 1 is 0.682 bits per heavy atom. The van der Waals surface area contributed by atoms with E-state index in [0.29, 0.717) is 0 Å². The lowest BCUT2D eigenvalue weighted by Crippen LogP contribution is -2.40. The average molecular weight is 286 g/mol. The first-order valence-electron chi connectivity index (χ1n) is 7.36. The molecule has 0 unspecified atom stereocenters. The molecule has 5 heteroatoms. The smallest absolute Gasteiger partial charge is 0.347 e. The minimum absolute atomic E-state index is 0.113. The van der Waals surface area contributed by atoms with E-state index >= 15 is 0 Å². The third-order valence-electron chi connectivity index (χ3n) is 3.93. The highest BCUT2D eigenvalue weighted by Gasteiger charge is 2.40. The Bertz CT molecular complexity index is 712. The summed E-state index contributed by atoms with van der Waals surface area (Å²) < 4.78 is 0. The van der Waals surface area contributed by atoms with Crippen LogP contribution in [0.15, 0.2) is 73.1 Å². The van der Waals surface area contributed by atoms with Gasteiger partial charge < -0.3 is 9.62 Å². The Labute approximate surface area is 130 Å². The first-order valence-corrected chi connectivity index (χ1v) is 7.36. The molecular weight excluding hydrogens is 271 g/mol. The van der Waals surface area contributed by atoms with Gasteiger partial charge in [-0.05, 0) is 31.1 Å². The van der Waals surface area contributed by atoms with Gasteiger partial charge in [0.25, 0.3) is 0 Å². The lowest BCUT2D eigenvalue weighted by atomic mass is 9.76. The minimum Gasteiger partial charge on any atom is -0.347 e. The van der Waals surface area contributed by atoms with E-state index in [9.17, 15) is 0 Å². The summed E-state index contributed by atoms with van der Waals surface area (Å²) >= 11 is 0. The molecule has 0 radical (unpaired) electrons. The number of hydrogen-bond donors (Lipinski definition) is 0. The molecule has 1 aliphatic heterocycles. The number of fused-ring (bicyclic) bond motifs is 1. The zero-order chi connectivity index (χ0) is 14.9. The molecular formula is C17H15BN4. The molecule has 2 aromatic carbocycles. The largest absolute Gasteiger partial charge is 0.384 e.